The zero-order chi connectivity index (χ0) is 76.5. The van der Waals surface area contributed by atoms with Gasteiger partial charge in [-0.2, -0.15) is 24.7 Å². The minimum atomic E-state index is -3.63. The molecular formula is C73H93Cl2N21O9S5. The lowest BCUT2D eigenvalue weighted by Crippen LogP contribution is -2.40. The molecule has 6 fully saturated rings. The molecule has 0 spiro atoms. The average molecular weight is 1640 g/mol. The Bertz CT molecular complexity index is 5520. The number of carbonyl (C=O) groups is 1. The fourth-order valence-corrected chi connectivity index (χ4v) is 18.2. The number of nitrogens with one attached hydrogen (secondary N) is 10. The highest BCUT2D eigenvalue weighted by Gasteiger charge is 2.32. The molecule has 6 aliphatic rings. The number of ketones is 1. The maximum Gasteiger partial charge on any atom is 0.252 e. The Labute approximate surface area is 663 Å². The first-order valence-corrected chi connectivity index (χ1v) is 43.1. The maximum absolute atomic E-state index is 12.9. The number of halogens is 2. The Morgan fingerprint density at radius 1 is 0.609 bits per heavy atom. The summed E-state index contributed by atoms with van der Waals surface area (Å²) in [5.74, 6) is 10.8. The number of carbonyl (C=O) groups excluding carboxylic acids is 1. The molecule has 0 unspecified atom stereocenters. The second-order valence-electron chi connectivity index (χ2n) is 27.3. The van der Waals surface area contributed by atoms with Crippen molar-refractivity contribution in [1.82, 2.24) is 79.7 Å². The molecule has 2 aromatic carbocycles. The number of ether oxygens (including phenoxy) is 1. The second kappa shape index (κ2) is 34.4. The number of terminal acetylenes is 1. The van der Waals surface area contributed by atoms with Gasteiger partial charge in [-0.05, 0) is 117 Å². The first kappa shape index (κ1) is 77.2. The Morgan fingerprint density at radius 2 is 1.15 bits per heavy atom. The lowest BCUT2D eigenvalue weighted by atomic mass is 9.86. The Hall–Kier alpha value is -9.58. The molecule has 11 N–H and O–H groups in total. The predicted octanol–water partition coefficient (Wildman–Crippen LogP) is 15.4. The smallest absolute Gasteiger partial charge is 0.252 e. The molecule has 588 valence electrons. The molecular weight excluding hydrogens is 1550 g/mol. The number of aromatic amines is 4. The topological polar surface area (TPSA) is 416 Å². The Kier molecular flexibility index (Phi) is 24.1. The van der Waals surface area contributed by atoms with Crippen molar-refractivity contribution in [3.8, 4) is 44.9 Å². The van der Waals surface area contributed by atoms with E-state index in [1.165, 1.54) is 93.0 Å². The normalized spacial score (nSPS) is 16.1. The van der Waals surface area contributed by atoms with Gasteiger partial charge in [0, 0.05) is 135 Å². The van der Waals surface area contributed by atoms with Gasteiger partial charge < -0.3 is 31.1 Å². The average Bonchev–Trinajstić information content (AvgIpc) is 1.78. The van der Waals surface area contributed by atoms with Gasteiger partial charge >= 0.3 is 0 Å². The number of sulfonamides is 3. The zero-order valence-corrected chi connectivity index (χ0v) is 65.1. The number of morpholine rings is 1. The molecule has 9 aromatic heterocycles. The van der Waals surface area contributed by atoms with Crippen molar-refractivity contribution >= 4 is 134 Å². The molecule has 17 rings (SSSR count). The number of aliphatic hydroxyl groups is 1. The summed E-state index contributed by atoms with van der Waals surface area (Å²) in [6.45, 7) is 1.24. The first-order valence-electron chi connectivity index (χ1n) is 35.9. The van der Waals surface area contributed by atoms with Crippen LogP contribution in [0.2, 0.25) is 10.0 Å². The molecule has 0 amide bonds. The molecule has 30 nitrogen and oxygen atoms in total. The van der Waals surface area contributed by atoms with Crippen LogP contribution in [0, 0.1) is 18.3 Å². The summed E-state index contributed by atoms with van der Waals surface area (Å²) in [6.07, 6.45) is 27.6. The van der Waals surface area contributed by atoms with Gasteiger partial charge in [0.1, 0.15) is 24.3 Å². The third kappa shape index (κ3) is 20.5. The quantitative estimate of drug-likeness (QED) is 0.0177. The number of benzene rings is 2. The third-order valence-corrected chi connectivity index (χ3v) is 26.3. The predicted molar refractivity (Wildman–Crippen MR) is 439 cm³/mol. The number of hydrogen-bond acceptors (Lipinski definition) is 25. The summed E-state index contributed by atoms with van der Waals surface area (Å²) in [4.78, 5) is 39.9. The Balaban J connectivity index is 0.000000212. The number of aliphatic hydroxyl groups excluding tert-OH is 1. The van der Waals surface area contributed by atoms with E-state index >= 15 is 0 Å². The molecule has 0 bridgehead atoms. The number of hydrogen-bond donors (Lipinski definition) is 11. The number of nitrogens with zero attached hydrogens (tertiary/aromatic N) is 11. The summed E-state index contributed by atoms with van der Waals surface area (Å²) >= 11 is 14.8. The highest BCUT2D eigenvalue weighted by molar-refractivity contribution is 7.92. The molecule has 110 heavy (non-hydrogen) atoms. The van der Waals surface area contributed by atoms with Gasteiger partial charge in [-0.1, -0.05) is 79.4 Å². The third-order valence-electron chi connectivity index (χ3n) is 18.6. The lowest BCUT2D eigenvalue weighted by molar-refractivity contribution is 0.0731. The van der Waals surface area contributed by atoms with E-state index in [9.17, 15) is 30.0 Å². The van der Waals surface area contributed by atoms with Crippen LogP contribution in [0.5, 0.6) is 0 Å². The van der Waals surface area contributed by atoms with E-state index in [0.717, 1.165) is 80.8 Å². The van der Waals surface area contributed by atoms with Gasteiger partial charge in [0.2, 0.25) is 20.0 Å². The minimum Gasteiger partial charge on any atom is -0.395 e. The molecule has 0 radical (unpaired) electrons. The van der Waals surface area contributed by atoms with Crippen LogP contribution in [0.15, 0.2) is 124 Å². The van der Waals surface area contributed by atoms with Crippen LogP contribution in [-0.4, -0.2) is 157 Å². The summed E-state index contributed by atoms with van der Waals surface area (Å²) in [7, 11) is -10.6. The van der Waals surface area contributed by atoms with Gasteiger partial charge in [0.25, 0.3) is 10.0 Å². The number of Topliss-reactive ketones (excluding diaryl/α,β-unsaturated/α-hetero) is 1. The monoisotopic (exact) mass is 1640 g/mol. The standard InChI is InChI=1S/C20H20N4O3S2.C18H19ClN6O3S2.C18H23N5O.C17H17ClN6O2S.7H2/c1-2-13-3-6-15(18-7-8-20(28-18)29(26,27)21-9-10-25)11-16(13)22-19-12-17(23-24-19)14-4-5-14;19-12-10-20-18(22-17(12)21-15-9-13(23-24-15)11-1-2-11)14-3-4-16(29-14)30(26,27)25-5-7-28-8-6-25;24-15(10-12-4-2-1-3-5-12)18-19-9-8-16(21-18)20-17-11-14(22-23-17)13-6-7-13;1-27(25,26)24-12-4-2-3-11(7-12)16-19-9-13(18)17(21-16)20-15-8-14(22-23-15)10-5-6-10;;;;;;;/h1,3,6-8,11-12,14,21,25H,4-5,9-10H2,(H2,22,23,24);3-4,9-11H,1-2,5-8H2,(H2,20,21,22,23,24);8-9,11-13H,1-7,10H2,(H2,19,20,21,22,23);2-4,7-10,24H,5-6H2,1H3,(H2,19,20,21,22,23);7*1H. The highest BCUT2D eigenvalue weighted by atomic mass is 35.5. The van der Waals surface area contributed by atoms with Crippen molar-refractivity contribution in [2.45, 2.75) is 122 Å². The van der Waals surface area contributed by atoms with Gasteiger partial charge in [0.15, 0.2) is 58.2 Å². The van der Waals surface area contributed by atoms with E-state index in [-0.39, 0.29) is 37.3 Å². The van der Waals surface area contributed by atoms with Crippen LogP contribution in [0.4, 0.5) is 52.1 Å². The van der Waals surface area contributed by atoms with Crippen molar-refractivity contribution < 1.29 is 49.9 Å². The maximum atomic E-state index is 12.9. The van der Waals surface area contributed by atoms with Crippen LogP contribution in [0.25, 0.3) is 32.5 Å². The van der Waals surface area contributed by atoms with E-state index in [1.807, 2.05) is 42.5 Å². The summed E-state index contributed by atoms with van der Waals surface area (Å²) < 4.78 is 85.0. The van der Waals surface area contributed by atoms with E-state index in [4.69, 9.17) is 39.5 Å². The molecule has 37 heteroatoms. The number of aromatic nitrogens is 14. The SMILES string of the molecule is C#Cc1ccc(-c2ccc(S(=O)(=O)NCCO)s2)cc1Nc1cc(C2CC2)[nH]n1.CS(=O)(=O)Nc1cccc(-c2ncc(Cl)c(Nc3cc(C4CC4)[nH]n3)n2)c1.O=C(CC1CCCCC1)c1nccc(Nc2cc(C3CC3)[nH]n2)n1.O=S(=O)(c1ccc(-c2ncc(Cl)c(Nc3cc(C4CC4)[nH]n3)n2)s1)N1CCOCC1.[HH].[HH].[HH].[HH].[HH].[HH].[HH]. The van der Waals surface area contributed by atoms with Gasteiger partial charge in [-0.25, -0.2) is 59.9 Å². The number of anilines is 9. The zero-order valence-electron chi connectivity index (χ0n) is 59.5. The highest BCUT2D eigenvalue weighted by Crippen LogP contribution is 2.44. The Morgan fingerprint density at radius 3 is 1.73 bits per heavy atom. The second-order valence-corrected chi connectivity index (χ2v) is 36.2. The van der Waals surface area contributed by atoms with E-state index < -0.39 is 30.1 Å². The molecule has 1 saturated heterocycles. The molecule has 1 aliphatic heterocycles. The molecule has 10 heterocycles. The van der Waals surface area contributed by atoms with Crippen LogP contribution >= 0.6 is 45.9 Å². The van der Waals surface area contributed by atoms with E-state index in [2.05, 4.69) is 107 Å². The van der Waals surface area contributed by atoms with Crippen molar-refractivity contribution in [1.29, 1.82) is 0 Å². The summed E-state index contributed by atoms with van der Waals surface area (Å²) in [5.41, 5.74) is 7.84. The van der Waals surface area contributed by atoms with Gasteiger partial charge in [-0.15, -0.1) is 29.1 Å². The van der Waals surface area contributed by atoms with Crippen LogP contribution in [-0.2, 0) is 34.8 Å². The minimum absolute atomic E-state index is 0. The fourth-order valence-electron chi connectivity index (χ4n) is 12.2. The summed E-state index contributed by atoms with van der Waals surface area (Å²) in [6, 6.07) is 28.7. The van der Waals surface area contributed by atoms with E-state index in [1.54, 1.807) is 60.8 Å². The van der Waals surface area contributed by atoms with Crippen LogP contribution in [0.1, 0.15) is 163 Å². The molecule has 11 aromatic rings. The molecule has 5 saturated carbocycles. The number of rotatable bonds is 26. The van der Waals surface area contributed by atoms with Crippen LogP contribution < -0.4 is 30.7 Å². The van der Waals surface area contributed by atoms with Crippen molar-refractivity contribution in [3.05, 3.63) is 160 Å². The van der Waals surface area contributed by atoms with Crippen molar-refractivity contribution in [3.63, 3.8) is 0 Å². The molecule has 5 aliphatic carbocycles. The number of thiophene rings is 2. The van der Waals surface area contributed by atoms with E-state index in [0.29, 0.717) is 146 Å². The van der Waals surface area contributed by atoms with Crippen molar-refractivity contribution in [2.75, 3.05) is 71.7 Å². The van der Waals surface area contributed by atoms with Crippen LogP contribution in [0.3, 0.4) is 0 Å². The molecule has 0 atom stereocenters. The van der Waals surface area contributed by atoms with Gasteiger partial charge in [0.05, 0.1) is 49.0 Å². The fraction of sp³-hybridized carbons (Fsp3) is 0.356. The van der Waals surface area contributed by atoms with Gasteiger partial charge in [-0.3, -0.25) is 29.9 Å². The first-order chi connectivity index (χ1) is 53.1. The summed E-state index contributed by atoms with van der Waals surface area (Å²) in [5, 5.41) is 51.4. The van der Waals surface area contributed by atoms with Crippen molar-refractivity contribution in [2.24, 2.45) is 5.92 Å². The lowest BCUT2D eigenvalue weighted by Gasteiger charge is -2.25. The largest absolute Gasteiger partial charge is 0.395 e. The number of H-pyrrole nitrogens is 4.